The summed E-state index contributed by atoms with van der Waals surface area (Å²) in [7, 11) is -3.68. The SMILES string of the molecule is CC1(C(=O)NCCc2ccc(S(N)(=O)=O)cc2)CC1(Cl)Cl. The Morgan fingerprint density at radius 3 is 2.29 bits per heavy atom. The molecule has 1 saturated carbocycles. The van der Waals surface area contributed by atoms with Crippen molar-refractivity contribution in [2.75, 3.05) is 6.54 Å². The van der Waals surface area contributed by atoms with Crippen molar-refractivity contribution in [2.45, 2.75) is 29.0 Å². The topological polar surface area (TPSA) is 89.3 Å². The second-order valence-electron chi connectivity index (χ2n) is 5.41. The molecule has 3 N–H and O–H groups in total. The fraction of sp³-hybridized carbons (Fsp3) is 0.462. The zero-order chi connectivity index (χ0) is 15.9. The molecule has 0 saturated heterocycles. The highest BCUT2D eigenvalue weighted by Crippen LogP contribution is 2.63. The lowest BCUT2D eigenvalue weighted by Crippen LogP contribution is -2.34. The number of rotatable bonds is 5. The van der Waals surface area contributed by atoms with Gasteiger partial charge >= 0.3 is 0 Å². The highest BCUT2D eigenvalue weighted by molar-refractivity contribution is 7.89. The first-order valence-corrected chi connectivity index (χ1v) is 8.64. The Hall–Kier alpha value is -0.820. The van der Waals surface area contributed by atoms with E-state index in [-0.39, 0.29) is 10.8 Å². The van der Waals surface area contributed by atoms with E-state index in [0.29, 0.717) is 19.4 Å². The lowest BCUT2D eigenvalue weighted by molar-refractivity contribution is -0.125. The molecule has 1 aromatic rings. The Kier molecular flexibility index (Phi) is 4.28. The van der Waals surface area contributed by atoms with Crippen LogP contribution in [0, 0.1) is 5.41 Å². The van der Waals surface area contributed by atoms with Gasteiger partial charge in [-0.25, -0.2) is 13.6 Å². The van der Waals surface area contributed by atoms with Gasteiger partial charge in [0, 0.05) is 6.54 Å². The van der Waals surface area contributed by atoms with Crippen molar-refractivity contribution < 1.29 is 13.2 Å². The average Bonchev–Trinajstić information content (AvgIpc) is 2.89. The molecule has 8 heteroatoms. The van der Waals surface area contributed by atoms with E-state index in [1.807, 2.05) is 0 Å². The van der Waals surface area contributed by atoms with Crippen LogP contribution in [0.1, 0.15) is 18.9 Å². The molecule has 0 aliphatic heterocycles. The zero-order valence-corrected chi connectivity index (χ0v) is 13.7. The fourth-order valence-corrected chi connectivity index (χ4v) is 3.23. The maximum atomic E-state index is 11.9. The van der Waals surface area contributed by atoms with Crippen molar-refractivity contribution in [1.29, 1.82) is 0 Å². The zero-order valence-electron chi connectivity index (χ0n) is 11.4. The number of carbonyl (C=O) groups is 1. The van der Waals surface area contributed by atoms with Crippen molar-refractivity contribution >= 4 is 39.1 Å². The number of nitrogens with two attached hydrogens (primary N) is 1. The first-order chi connectivity index (χ1) is 9.56. The predicted octanol–water partition coefficient (Wildman–Crippen LogP) is 1.58. The van der Waals surface area contributed by atoms with Gasteiger partial charge in [0.05, 0.1) is 10.3 Å². The minimum absolute atomic E-state index is 0.0647. The van der Waals surface area contributed by atoms with Crippen LogP contribution in [0.5, 0.6) is 0 Å². The molecule has 1 aliphatic rings. The number of primary sulfonamides is 1. The summed E-state index contributed by atoms with van der Waals surface area (Å²) >= 11 is 11.9. The molecular formula is C13H16Cl2N2O3S. The minimum atomic E-state index is -3.68. The third-order valence-electron chi connectivity index (χ3n) is 3.71. The van der Waals surface area contributed by atoms with Crippen LogP contribution in [-0.2, 0) is 21.2 Å². The van der Waals surface area contributed by atoms with Gasteiger partial charge in [-0.15, -0.1) is 23.2 Å². The Balaban J connectivity index is 1.86. The minimum Gasteiger partial charge on any atom is -0.355 e. The maximum Gasteiger partial charge on any atom is 0.238 e. The van der Waals surface area contributed by atoms with Crippen LogP contribution in [-0.4, -0.2) is 25.2 Å². The molecule has 116 valence electrons. The van der Waals surface area contributed by atoms with Crippen LogP contribution in [0.25, 0.3) is 0 Å². The Labute approximate surface area is 133 Å². The van der Waals surface area contributed by atoms with Gasteiger partial charge in [-0.05, 0) is 37.5 Å². The van der Waals surface area contributed by atoms with Gasteiger partial charge in [-0.3, -0.25) is 4.79 Å². The third kappa shape index (κ3) is 3.51. The number of alkyl halides is 2. The molecule has 0 radical (unpaired) electrons. The van der Waals surface area contributed by atoms with Crippen LogP contribution in [0.2, 0.25) is 0 Å². The van der Waals surface area contributed by atoms with E-state index >= 15 is 0 Å². The number of hydrogen-bond acceptors (Lipinski definition) is 3. The van der Waals surface area contributed by atoms with Crippen LogP contribution in [0.4, 0.5) is 0 Å². The van der Waals surface area contributed by atoms with Gasteiger partial charge < -0.3 is 5.32 Å². The van der Waals surface area contributed by atoms with Crippen LogP contribution in [0.15, 0.2) is 29.2 Å². The molecular weight excluding hydrogens is 335 g/mol. The molecule has 0 bridgehead atoms. The predicted molar refractivity (Wildman–Crippen MR) is 81.7 cm³/mol. The first kappa shape index (κ1) is 16.5. The summed E-state index contributed by atoms with van der Waals surface area (Å²) in [5.41, 5.74) is 0.166. The van der Waals surface area contributed by atoms with E-state index in [1.165, 1.54) is 12.1 Å². The number of carbonyl (C=O) groups excluding carboxylic acids is 1. The molecule has 0 heterocycles. The van der Waals surface area contributed by atoms with E-state index in [0.717, 1.165) is 5.56 Å². The van der Waals surface area contributed by atoms with E-state index in [4.69, 9.17) is 28.3 Å². The number of amides is 1. The van der Waals surface area contributed by atoms with Gasteiger partial charge in [0.2, 0.25) is 15.9 Å². The number of benzene rings is 1. The number of hydrogen-bond donors (Lipinski definition) is 2. The van der Waals surface area contributed by atoms with E-state index in [1.54, 1.807) is 19.1 Å². The summed E-state index contributed by atoms with van der Waals surface area (Å²) in [5.74, 6) is -0.173. The Morgan fingerprint density at radius 2 is 1.86 bits per heavy atom. The van der Waals surface area contributed by atoms with Gasteiger partial charge in [0.1, 0.15) is 4.33 Å². The molecule has 0 aromatic heterocycles. The van der Waals surface area contributed by atoms with E-state index in [9.17, 15) is 13.2 Å². The normalized spacial score (nSPS) is 23.6. The quantitative estimate of drug-likeness (QED) is 0.790. The van der Waals surface area contributed by atoms with Gasteiger partial charge in [-0.1, -0.05) is 12.1 Å². The van der Waals surface area contributed by atoms with Crippen LogP contribution < -0.4 is 10.5 Å². The monoisotopic (exact) mass is 350 g/mol. The van der Waals surface area contributed by atoms with Gasteiger partial charge in [0.15, 0.2) is 0 Å². The smallest absolute Gasteiger partial charge is 0.238 e. The highest BCUT2D eigenvalue weighted by Gasteiger charge is 2.67. The van der Waals surface area contributed by atoms with E-state index in [2.05, 4.69) is 5.32 Å². The molecule has 1 aromatic carbocycles. The van der Waals surface area contributed by atoms with Crippen molar-refractivity contribution in [3.05, 3.63) is 29.8 Å². The Bertz CT molecular complexity index is 658. The van der Waals surface area contributed by atoms with Gasteiger partial charge in [-0.2, -0.15) is 0 Å². The average molecular weight is 351 g/mol. The molecule has 21 heavy (non-hydrogen) atoms. The standard InChI is InChI=1S/C13H16Cl2N2O3S/c1-12(8-13(12,14)15)11(18)17-7-6-9-2-4-10(5-3-9)21(16,19)20/h2-5H,6-8H2,1H3,(H,17,18)(H2,16,19,20). The summed E-state index contributed by atoms with van der Waals surface area (Å²) in [4.78, 5) is 12.0. The van der Waals surface area contributed by atoms with Crippen molar-refractivity contribution in [3.63, 3.8) is 0 Å². The van der Waals surface area contributed by atoms with Crippen molar-refractivity contribution in [3.8, 4) is 0 Å². The molecule has 5 nitrogen and oxygen atoms in total. The second kappa shape index (κ2) is 5.43. The first-order valence-electron chi connectivity index (χ1n) is 6.34. The number of sulfonamides is 1. The summed E-state index contributed by atoms with van der Waals surface area (Å²) < 4.78 is 21.3. The molecule has 1 amide bonds. The third-order valence-corrected chi connectivity index (χ3v) is 5.74. The summed E-state index contributed by atoms with van der Waals surface area (Å²) in [5, 5.41) is 7.80. The van der Waals surface area contributed by atoms with Gasteiger partial charge in [0.25, 0.3) is 0 Å². The molecule has 1 unspecified atom stereocenters. The summed E-state index contributed by atoms with van der Waals surface area (Å²) in [6, 6.07) is 6.21. The fourth-order valence-electron chi connectivity index (χ4n) is 2.01. The van der Waals surface area contributed by atoms with Crippen molar-refractivity contribution in [1.82, 2.24) is 5.32 Å². The largest absolute Gasteiger partial charge is 0.355 e. The van der Waals surface area contributed by atoms with E-state index < -0.39 is 19.8 Å². The summed E-state index contributed by atoms with van der Waals surface area (Å²) in [6.07, 6.45) is 1.02. The molecule has 1 fully saturated rings. The second-order valence-corrected chi connectivity index (χ2v) is 8.45. The van der Waals surface area contributed by atoms with Crippen molar-refractivity contribution in [2.24, 2.45) is 10.6 Å². The molecule has 1 aliphatic carbocycles. The highest BCUT2D eigenvalue weighted by atomic mass is 35.5. The lowest BCUT2D eigenvalue weighted by atomic mass is 10.1. The molecule has 0 spiro atoms. The number of halogens is 2. The number of nitrogens with one attached hydrogen (secondary N) is 1. The van der Waals surface area contributed by atoms with Crippen LogP contribution in [0.3, 0.4) is 0 Å². The molecule has 1 atom stereocenters. The maximum absolute atomic E-state index is 11.9. The molecule has 2 rings (SSSR count). The van der Waals surface area contributed by atoms with Crippen LogP contribution >= 0.6 is 23.2 Å². The summed E-state index contributed by atoms with van der Waals surface area (Å²) in [6.45, 7) is 2.15. The lowest BCUT2D eigenvalue weighted by Gasteiger charge is -2.12. The Morgan fingerprint density at radius 1 is 1.33 bits per heavy atom.